The van der Waals surface area contributed by atoms with Crippen LogP contribution in [-0.2, 0) is 6.42 Å². The lowest BCUT2D eigenvalue weighted by molar-refractivity contribution is 1.15. The number of halogens is 1. The lowest BCUT2D eigenvalue weighted by Gasteiger charge is -2.04. The maximum Gasteiger partial charge on any atom is 0.189 e. The van der Waals surface area contributed by atoms with Crippen molar-refractivity contribution >= 4 is 22.5 Å². The van der Waals surface area contributed by atoms with Gasteiger partial charge in [-0.2, -0.15) is 0 Å². The molecule has 0 atom stereocenters. The minimum Gasteiger partial charge on any atom is -0.360 e. The van der Waals surface area contributed by atoms with Crippen molar-refractivity contribution in [3.05, 3.63) is 45.2 Å². The molecular weight excluding hydrogens is 198 g/mol. The van der Waals surface area contributed by atoms with Crippen LogP contribution in [0.1, 0.15) is 12.5 Å². The van der Waals surface area contributed by atoms with Gasteiger partial charge in [0.25, 0.3) is 0 Å². The zero-order valence-corrected chi connectivity index (χ0v) is 8.56. The second kappa shape index (κ2) is 3.46. The number of aromatic amines is 1. The molecule has 0 amide bonds. The Morgan fingerprint density at radius 1 is 1.36 bits per heavy atom. The normalized spacial score (nSPS) is 10.7. The quantitative estimate of drug-likeness (QED) is 0.767. The van der Waals surface area contributed by atoms with Crippen molar-refractivity contribution in [1.82, 2.24) is 4.98 Å². The molecule has 1 aromatic heterocycles. The molecule has 0 unspecified atom stereocenters. The molecule has 0 aliphatic carbocycles. The third-order valence-corrected chi connectivity index (χ3v) is 2.65. The molecule has 0 aliphatic heterocycles. The van der Waals surface area contributed by atoms with Gasteiger partial charge in [0, 0.05) is 12.3 Å². The lowest BCUT2D eigenvalue weighted by Crippen LogP contribution is -2.03. The number of benzene rings is 1. The number of aryl methyl sites for hydroxylation is 1. The topological polar surface area (TPSA) is 32.9 Å². The molecule has 0 spiro atoms. The summed E-state index contributed by atoms with van der Waals surface area (Å²) in [5.41, 5.74) is 1.79. The smallest absolute Gasteiger partial charge is 0.189 e. The van der Waals surface area contributed by atoms with Gasteiger partial charge in [-0.3, -0.25) is 4.79 Å². The van der Waals surface area contributed by atoms with Crippen LogP contribution in [0.3, 0.4) is 0 Å². The number of H-pyrrole nitrogens is 1. The number of hydrogen-bond donors (Lipinski definition) is 1. The number of pyridine rings is 1. The van der Waals surface area contributed by atoms with E-state index < -0.39 is 0 Å². The van der Waals surface area contributed by atoms with E-state index in [2.05, 4.69) is 4.98 Å². The van der Waals surface area contributed by atoms with Gasteiger partial charge < -0.3 is 4.98 Å². The van der Waals surface area contributed by atoms with E-state index in [0.29, 0.717) is 10.4 Å². The number of rotatable bonds is 1. The molecule has 0 bridgehead atoms. The summed E-state index contributed by atoms with van der Waals surface area (Å²) in [5, 5.41) is 1.30. The summed E-state index contributed by atoms with van der Waals surface area (Å²) in [6, 6.07) is 5.25. The van der Waals surface area contributed by atoms with Gasteiger partial charge in [0.2, 0.25) is 0 Å². The fourth-order valence-corrected chi connectivity index (χ4v) is 1.83. The Kier molecular flexibility index (Phi) is 2.30. The molecule has 0 radical (unpaired) electrons. The molecule has 14 heavy (non-hydrogen) atoms. The number of aromatic nitrogens is 1. The third-order valence-electron chi connectivity index (χ3n) is 2.33. The average Bonchev–Trinajstić information content (AvgIpc) is 2.20. The van der Waals surface area contributed by atoms with Crippen LogP contribution in [0, 0.1) is 0 Å². The van der Waals surface area contributed by atoms with Gasteiger partial charge in [-0.1, -0.05) is 24.6 Å². The number of nitrogens with one attached hydrogen (secondary N) is 1. The molecule has 1 aromatic carbocycles. The molecule has 2 rings (SSSR count). The lowest BCUT2D eigenvalue weighted by atomic mass is 10.1. The Labute approximate surface area is 86.5 Å². The maximum absolute atomic E-state index is 11.6. The second-order valence-electron chi connectivity index (χ2n) is 3.15. The number of fused-ring (bicyclic) bond motifs is 1. The van der Waals surface area contributed by atoms with Crippen molar-refractivity contribution in [2.45, 2.75) is 13.3 Å². The van der Waals surface area contributed by atoms with E-state index in [0.717, 1.165) is 17.5 Å². The Hall–Kier alpha value is -1.28. The van der Waals surface area contributed by atoms with Crippen LogP contribution in [0.15, 0.2) is 29.2 Å². The van der Waals surface area contributed by atoms with Crippen molar-refractivity contribution in [3.8, 4) is 0 Å². The van der Waals surface area contributed by atoms with E-state index in [1.807, 2.05) is 19.1 Å². The van der Waals surface area contributed by atoms with Crippen molar-refractivity contribution in [3.63, 3.8) is 0 Å². The van der Waals surface area contributed by atoms with E-state index >= 15 is 0 Å². The monoisotopic (exact) mass is 207 g/mol. The highest BCUT2D eigenvalue weighted by Crippen LogP contribution is 2.22. The van der Waals surface area contributed by atoms with E-state index in [1.165, 1.54) is 6.07 Å². The van der Waals surface area contributed by atoms with Gasteiger partial charge in [-0.15, -0.1) is 0 Å². The van der Waals surface area contributed by atoms with Crippen LogP contribution in [0.5, 0.6) is 0 Å². The standard InChI is InChI=1S/C11H10ClNO/c1-2-7-3-4-8(12)11-10(7)9(14)5-6-13-11/h3-6H,2H2,1H3,(H,13,14). The molecule has 1 heterocycles. The maximum atomic E-state index is 11.6. The van der Waals surface area contributed by atoms with Crippen LogP contribution in [0.25, 0.3) is 10.9 Å². The first-order valence-electron chi connectivity index (χ1n) is 4.53. The first-order valence-corrected chi connectivity index (χ1v) is 4.90. The SMILES string of the molecule is CCc1ccc(Cl)c2[nH]ccc(=O)c12. The Morgan fingerprint density at radius 2 is 2.14 bits per heavy atom. The summed E-state index contributed by atoms with van der Waals surface area (Å²) >= 11 is 5.99. The van der Waals surface area contributed by atoms with Crippen molar-refractivity contribution in [2.75, 3.05) is 0 Å². The molecule has 3 heteroatoms. The Bertz CT molecular complexity index is 530. The highest BCUT2D eigenvalue weighted by molar-refractivity contribution is 6.35. The highest BCUT2D eigenvalue weighted by atomic mass is 35.5. The van der Waals surface area contributed by atoms with Gasteiger partial charge in [0.1, 0.15) is 0 Å². The molecule has 72 valence electrons. The van der Waals surface area contributed by atoms with E-state index in [1.54, 1.807) is 6.20 Å². The molecule has 0 saturated heterocycles. The molecule has 1 N–H and O–H groups in total. The predicted octanol–water partition coefficient (Wildman–Crippen LogP) is 2.74. The van der Waals surface area contributed by atoms with E-state index in [9.17, 15) is 4.79 Å². The van der Waals surface area contributed by atoms with Crippen LogP contribution < -0.4 is 5.43 Å². The van der Waals surface area contributed by atoms with E-state index in [4.69, 9.17) is 11.6 Å². The Morgan fingerprint density at radius 3 is 2.86 bits per heavy atom. The molecule has 0 saturated carbocycles. The summed E-state index contributed by atoms with van der Waals surface area (Å²) in [7, 11) is 0. The fraction of sp³-hybridized carbons (Fsp3) is 0.182. The highest BCUT2D eigenvalue weighted by Gasteiger charge is 2.06. The summed E-state index contributed by atoms with van der Waals surface area (Å²) in [4.78, 5) is 14.6. The predicted molar refractivity (Wildman–Crippen MR) is 59.0 cm³/mol. The number of hydrogen-bond acceptors (Lipinski definition) is 1. The zero-order chi connectivity index (χ0) is 10.1. The largest absolute Gasteiger partial charge is 0.360 e. The molecular formula is C11H10ClNO. The van der Waals surface area contributed by atoms with Crippen molar-refractivity contribution in [1.29, 1.82) is 0 Å². The van der Waals surface area contributed by atoms with Crippen LogP contribution in [-0.4, -0.2) is 4.98 Å². The van der Waals surface area contributed by atoms with Crippen molar-refractivity contribution < 1.29 is 0 Å². The van der Waals surface area contributed by atoms with Gasteiger partial charge in [0.15, 0.2) is 5.43 Å². The van der Waals surface area contributed by atoms with Crippen LogP contribution in [0.4, 0.5) is 0 Å². The summed E-state index contributed by atoms with van der Waals surface area (Å²) < 4.78 is 0. The van der Waals surface area contributed by atoms with Crippen LogP contribution in [0.2, 0.25) is 5.02 Å². The summed E-state index contributed by atoms with van der Waals surface area (Å²) in [6.45, 7) is 2.02. The second-order valence-corrected chi connectivity index (χ2v) is 3.56. The van der Waals surface area contributed by atoms with Crippen LogP contribution >= 0.6 is 11.6 Å². The van der Waals surface area contributed by atoms with Gasteiger partial charge in [0.05, 0.1) is 15.9 Å². The third kappa shape index (κ3) is 1.32. The molecule has 0 fully saturated rings. The first kappa shape index (κ1) is 9.28. The summed E-state index contributed by atoms with van der Waals surface area (Å²) in [6.07, 6.45) is 2.46. The summed E-state index contributed by atoms with van der Waals surface area (Å²) in [5.74, 6) is 0. The Balaban J connectivity index is 3.00. The average molecular weight is 208 g/mol. The minimum atomic E-state index is 0.0260. The molecule has 2 nitrogen and oxygen atoms in total. The first-order chi connectivity index (χ1) is 6.74. The van der Waals surface area contributed by atoms with Crippen molar-refractivity contribution in [2.24, 2.45) is 0 Å². The fourth-order valence-electron chi connectivity index (χ4n) is 1.62. The minimum absolute atomic E-state index is 0.0260. The van der Waals surface area contributed by atoms with Gasteiger partial charge in [-0.05, 0) is 18.1 Å². The molecule has 2 aromatic rings. The van der Waals surface area contributed by atoms with Gasteiger partial charge >= 0.3 is 0 Å². The van der Waals surface area contributed by atoms with E-state index in [-0.39, 0.29) is 5.43 Å². The zero-order valence-electron chi connectivity index (χ0n) is 7.80. The van der Waals surface area contributed by atoms with Gasteiger partial charge in [-0.25, -0.2) is 0 Å². The molecule has 0 aliphatic rings.